The third-order valence-corrected chi connectivity index (χ3v) is 7.40. The van der Waals surface area contributed by atoms with Crippen LogP contribution in [0, 0.1) is 5.82 Å². The van der Waals surface area contributed by atoms with Gasteiger partial charge >= 0.3 is 6.09 Å². The third-order valence-electron chi connectivity index (χ3n) is 7.11. The van der Waals surface area contributed by atoms with E-state index in [1.165, 1.54) is 12.3 Å². The van der Waals surface area contributed by atoms with E-state index in [0.717, 1.165) is 16.9 Å². The minimum Gasteiger partial charge on any atom is -0.487 e. The Bertz CT molecular complexity index is 1410. The van der Waals surface area contributed by atoms with Gasteiger partial charge in [0, 0.05) is 19.2 Å². The Morgan fingerprint density at radius 2 is 2.19 bits per heavy atom. The molecule has 2 aromatic carbocycles. The molecule has 0 aliphatic carbocycles. The number of aliphatic hydroxyl groups excluding tert-OH is 1. The highest BCUT2D eigenvalue weighted by Crippen LogP contribution is 2.45. The lowest BCUT2D eigenvalue weighted by molar-refractivity contribution is -0.0418. The highest BCUT2D eigenvalue weighted by molar-refractivity contribution is 6.31. The molecule has 0 saturated carbocycles. The van der Waals surface area contributed by atoms with Crippen molar-refractivity contribution in [3.8, 4) is 5.75 Å². The highest BCUT2D eigenvalue weighted by atomic mass is 35.5. The molecule has 2 amide bonds. The van der Waals surface area contributed by atoms with E-state index in [4.69, 9.17) is 21.1 Å². The van der Waals surface area contributed by atoms with Crippen molar-refractivity contribution in [2.45, 2.75) is 37.5 Å². The van der Waals surface area contributed by atoms with Crippen LogP contribution in [-0.4, -0.2) is 57.6 Å². The van der Waals surface area contributed by atoms with Crippen LogP contribution in [0.15, 0.2) is 42.7 Å². The fourth-order valence-corrected chi connectivity index (χ4v) is 5.61. The Balaban J connectivity index is 1.21. The number of hydrogen-bond acceptors (Lipinski definition) is 6. The molecule has 1 aromatic heterocycles. The maximum atomic E-state index is 15.1. The predicted octanol–water partition coefficient (Wildman–Crippen LogP) is 3.71. The van der Waals surface area contributed by atoms with Crippen LogP contribution in [0.1, 0.15) is 39.9 Å². The molecule has 1 saturated heterocycles. The third kappa shape index (κ3) is 4.19. The van der Waals surface area contributed by atoms with Gasteiger partial charge in [-0.3, -0.25) is 14.8 Å². The van der Waals surface area contributed by atoms with Crippen molar-refractivity contribution < 1.29 is 28.6 Å². The quantitative estimate of drug-likeness (QED) is 0.537. The number of likely N-dealkylation sites (tertiary alicyclic amines) is 1. The molecule has 37 heavy (non-hydrogen) atoms. The number of nitrogens with zero attached hydrogens (tertiary/aromatic N) is 3. The van der Waals surface area contributed by atoms with Crippen LogP contribution in [0.4, 0.5) is 14.9 Å². The highest BCUT2D eigenvalue weighted by Gasteiger charge is 2.48. The Morgan fingerprint density at radius 1 is 1.32 bits per heavy atom. The van der Waals surface area contributed by atoms with Crippen molar-refractivity contribution in [2.75, 3.05) is 25.0 Å². The summed E-state index contributed by atoms with van der Waals surface area (Å²) < 4.78 is 28.1. The van der Waals surface area contributed by atoms with E-state index < -0.39 is 17.5 Å². The molecule has 9 nitrogen and oxygen atoms in total. The molecule has 3 aliphatic rings. The molecule has 192 valence electrons. The topological polar surface area (TPSA) is 106 Å². The van der Waals surface area contributed by atoms with Crippen molar-refractivity contribution in [3.63, 3.8) is 0 Å². The molecule has 1 unspecified atom stereocenters. The monoisotopic (exact) mass is 526 g/mol. The van der Waals surface area contributed by atoms with Gasteiger partial charge in [0.05, 0.1) is 47.7 Å². The van der Waals surface area contributed by atoms with Gasteiger partial charge in [-0.1, -0.05) is 23.7 Å². The van der Waals surface area contributed by atoms with Crippen LogP contribution in [-0.2, 0) is 23.3 Å². The first-order valence-corrected chi connectivity index (χ1v) is 12.4. The number of ether oxygens (including phenoxy) is 2. The molecule has 0 bridgehead atoms. The summed E-state index contributed by atoms with van der Waals surface area (Å²) in [6.07, 6.45) is 3.79. The van der Waals surface area contributed by atoms with Gasteiger partial charge in [0.15, 0.2) is 11.4 Å². The number of anilines is 1. The van der Waals surface area contributed by atoms with Gasteiger partial charge in [0.2, 0.25) is 0 Å². The van der Waals surface area contributed by atoms with Crippen molar-refractivity contribution in [3.05, 3.63) is 75.8 Å². The van der Waals surface area contributed by atoms with E-state index >= 15 is 4.39 Å². The first-order chi connectivity index (χ1) is 17.8. The summed E-state index contributed by atoms with van der Waals surface area (Å²) >= 11 is 6.04. The lowest BCUT2D eigenvalue weighted by Gasteiger charge is -2.45. The zero-order chi connectivity index (χ0) is 25.7. The van der Waals surface area contributed by atoms with Gasteiger partial charge in [-0.15, -0.1) is 0 Å². The minimum atomic E-state index is -1.32. The summed E-state index contributed by atoms with van der Waals surface area (Å²) in [5.74, 6) is -0.167. The number of carbonyl (C=O) groups is 2. The number of hydrogen-bond donors (Lipinski definition) is 2. The maximum Gasteiger partial charge on any atom is 0.412 e. The number of aliphatic hydroxyl groups is 1. The molecular weight excluding hydrogens is 503 g/mol. The Hall–Kier alpha value is -3.63. The van der Waals surface area contributed by atoms with E-state index in [-0.39, 0.29) is 35.7 Å². The Kier molecular flexibility index (Phi) is 5.80. The fraction of sp³-hybridized carbons (Fsp3) is 0.346. The lowest BCUT2D eigenvalue weighted by atomic mass is 9.83. The van der Waals surface area contributed by atoms with Crippen LogP contribution in [0.5, 0.6) is 5.75 Å². The Morgan fingerprint density at radius 3 is 3.03 bits per heavy atom. The molecule has 6 rings (SSSR count). The first kappa shape index (κ1) is 23.7. The number of piperidine rings is 1. The van der Waals surface area contributed by atoms with E-state index in [1.807, 2.05) is 18.2 Å². The normalized spacial score (nSPS) is 22.2. The number of carbonyl (C=O) groups excluding carboxylic acids is 2. The number of aromatic nitrogens is 2. The smallest absolute Gasteiger partial charge is 0.412 e. The van der Waals surface area contributed by atoms with E-state index in [2.05, 4.69) is 10.4 Å². The molecule has 1 spiro atoms. The second-order valence-corrected chi connectivity index (χ2v) is 10.0. The minimum absolute atomic E-state index is 0.00550. The van der Waals surface area contributed by atoms with Crippen molar-refractivity contribution in [1.82, 2.24) is 14.7 Å². The average molecular weight is 527 g/mol. The summed E-state index contributed by atoms with van der Waals surface area (Å²) in [6.45, 7) is 0.860. The molecule has 2 N–H and O–H groups in total. The summed E-state index contributed by atoms with van der Waals surface area (Å²) in [5, 5.41) is 16.2. The molecule has 0 radical (unpaired) electrons. The average Bonchev–Trinajstić information content (AvgIpc) is 3.52. The largest absolute Gasteiger partial charge is 0.487 e. The first-order valence-electron chi connectivity index (χ1n) is 12.0. The summed E-state index contributed by atoms with van der Waals surface area (Å²) in [5.41, 5.74) is 1.54. The number of amides is 2. The molecule has 11 heteroatoms. The van der Waals surface area contributed by atoms with Gasteiger partial charge in [-0.05, 0) is 42.2 Å². The van der Waals surface area contributed by atoms with Gasteiger partial charge in [0.25, 0.3) is 5.91 Å². The number of nitrogens with one attached hydrogen (secondary N) is 1. The van der Waals surface area contributed by atoms with Crippen molar-refractivity contribution in [2.24, 2.45) is 0 Å². The second kappa shape index (κ2) is 9.04. The van der Waals surface area contributed by atoms with Crippen LogP contribution in [0.3, 0.4) is 0 Å². The molecule has 2 atom stereocenters. The van der Waals surface area contributed by atoms with Crippen LogP contribution >= 0.6 is 11.6 Å². The summed E-state index contributed by atoms with van der Waals surface area (Å²) in [4.78, 5) is 27.3. The zero-order valence-electron chi connectivity index (χ0n) is 19.7. The van der Waals surface area contributed by atoms with Gasteiger partial charge < -0.3 is 19.5 Å². The molecule has 1 fully saturated rings. The maximum absolute atomic E-state index is 15.1. The summed E-state index contributed by atoms with van der Waals surface area (Å²) in [6, 6.07) is 8.76. The number of rotatable bonds is 4. The molecular formula is C26H24ClFN4O5. The van der Waals surface area contributed by atoms with Gasteiger partial charge in [-0.2, -0.15) is 5.10 Å². The Labute approximate surface area is 216 Å². The van der Waals surface area contributed by atoms with Crippen LogP contribution < -0.4 is 10.1 Å². The van der Waals surface area contributed by atoms with Crippen LogP contribution in [0.2, 0.25) is 5.02 Å². The lowest BCUT2D eigenvalue weighted by Crippen LogP contribution is -2.53. The van der Waals surface area contributed by atoms with Gasteiger partial charge in [0.1, 0.15) is 11.9 Å². The van der Waals surface area contributed by atoms with Crippen LogP contribution in [0.25, 0.3) is 0 Å². The predicted molar refractivity (Wildman–Crippen MR) is 131 cm³/mol. The number of halogens is 2. The van der Waals surface area contributed by atoms with E-state index in [0.29, 0.717) is 43.6 Å². The standard InChI is InChI=1S/C26H24ClFN4O5/c27-19-3-4-20-22(23(19)28)26(37-25(35)30-20)6-1-7-31(14-26)24(34)17-10-29-32(12-17)11-15-2-5-21-16(8-15)9-18(13-33)36-21/h2-5,8,10,12,18,33H,1,6-7,9,11,13-14H2,(H,30,35)/t18?,26-/m0/s1. The number of benzene rings is 2. The SMILES string of the molecule is O=C1Nc2ccc(Cl)c(F)c2[C@@]2(CCCN(C(=O)c3cnn(Cc4ccc5c(c4)CC(CO)O5)c3)C2)O1. The van der Waals surface area contributed by atoms with E-state index in [9.17, 15) is 14.7 Å². The second-order valence-electron chi connectivity index (χ2n) is 9.62. The van der Waals surface area contributed by atoms with Gasteiger partial charge in [-0.25, -0.2) is 9.18 Å². The molecule has 3 aromatic rings. The number of fused-ring (bicyclic) bond motifs is 3. The molecule has 4 heterocycles. The van der Waals surface area contributed by atoms with E-state index in [1.54, 1.807) is 21.8 Å². The fourth-order valence-electron chi connectivity index (χ4n) is 5.45. The van der Waals surface area contributed by atoms with Crippen molar-refractivity contribution in [1.29, 1.82) is 0 Å². The molecule has 3 aliphatic heterocycles. The zero-order valence-corrected chi connectivity index (χ0v) is 20.5. The summed E-state index contributed by atoms with van der Waals surface area (Å²) in [7, 11) is 0. The van der Waals surface area contributed by atoms with Crippen molar-refractivity contribution >= 4 is 29.3 Å².